The van der Waals surface area contributed by atoms with Gasteiger partial charge in [0.25, 0.3) is 0 Å². The van der Waals surface area contributed by atoms with E-state index in [2.05, 4.69) is 205 Å². The van der Waals surface area contributed by atoms with E-state index in [1.54, 1.807) is 0 Å². The average Bonchev–Trinajstić information content (AvgIpc) is 3.61. The molecule has 2 nitrogen and oxygen atoms in total. The Morgan fingerprint density at radius 2 is 0.923 bits per heavy atom. The van der Waals surface area contributed by atoms with Crippen LogP contribution < -0.4 is 4.90 Å². The predicted octanol–water partition coefficient (Wildman–Crippen LogP) is 14.4. The second-order valence-electron chi connectivity index (χ2n) is 13.3. The van der Waals surface area contributed by atoms with Gasteiger partial charge in [-0.3, -0.25) is 0 Å². The van der Waals surface area contributed by atoms with Crippen molar-refractivity contribution in [1.29, 1.82) is 0 Å². The molecule has 10 rings (SSSR count). The first-order valence-electron chi connectivity index (χ1n) is 17.8. The molecule has 10 aromatic rings. The molecule has 0 aliphatic heterocycles. The standard InChI is InChI=1S/C50H33NO/c1-3-14-34(15-4-1)36-28-30-40(31-29-36)51(46-26-12-19-37-18-7-8-22-41(37)46)47-33-45-49-42(39-21-11-20-38(32-39)35-16-5-2-6-17-35)25-13-27-48(49)52-50(45)44-24-10-9-23-43(44)47/h1-33H. The monoisotopic (exact) mass is 663 g/mol. The van der Waals surface area contributed by atoms with Crippen LogP contribution in [0.4, 0.5) is 17.1 Å². The molecule has 0 amide bonds. The van der Waals surface area contributed by atoms with Crippen LogP contribution in [0.5, 0.6) is 0 Å². The maximum absolute atomic E-state index is 6.81. The van der Waals surface area contributed by atoms with Crippen molar-refractivity contribution in [2.45, 2.75) is 0 Å². The molecule has 2 heteroatoms. The van der Waals surface area contributed by atoms with Crippen LogP contribution in [-0.2, 0) is 0 Å². The summed E-state index contributed by atoms with van der Waals surface area (Å²) in [5.74, 6) is 0. The highest BCUT2D eigenvalue weighted by atomic mass is 16.3. The molecule has 0 saturated heterocycles. The molecule has 1 heterocycles. The SMILES string of the molecule is c1ccc(-c2ccc(N(c3cccc4ccccc34)c3cc4c(oc5cccc(-c6cccc(-c7ccccc7)c6)c54)c4ccccc34)cc2)cc1. The van der Waals surface area contributed by atoms with Gasteiger partial charge in [-0.05, 0) is 75.2 Å². The van der Waals surface area contributed by atoms with Crippen molar-refractivity contribution in [3.63, 3.8) is 0 Å². The zero-order valence-corrected chi connectivity index (χ0v) is 28.4. The highest BCUT2D eigenvalue weighted by Gasteiger charge is 2.23. The van der Waals surface area contributed by atoms with E-state index in [4.69, 9.17) is 4.42 Å². The van der Waals surface area contributed by atoms with E-state index < -0.39 is 0 Å². The molecule has 9 aromatic carbocycles. The largest absolute Gasteiger partial charge is 0.455 e. The molecule has 0 unspecified atom stereocenters. The van der Waals surface area contributed by atoms with Gasteiger partial charge >= 0.3 is 0 Å². The van der Waals surface area contributed by atoms with Crippen LogP contribution in [0.25, 0.3) is 76.9 Å². The minimum Gasteiger partial charge on any atom is -0.455 e. The summed E-state index contributed by atoms with van der Waals surface area (Å²) in [7, 11) is 0. The molecule has 0 N–H and O–H groups in total. The molecule has 0 aliphatic rings. The van der Waals surface area contributed by atoms with Gasteiger partial charge < -0.3 is 9.32 Å². The first-order valence-corrected chi connectivity index (χ1v) is 17.8. The van der Waals surface area contributed by atoms with Gasteiger partial charge in [0, 0.05) is 32.6 Å². The van der Waals surface area contributed by atoms with Crippen molar-refractivity contribution < 1.29 is 4.42 Å². The van der Waals surface area contributed by atoms with Crippen molar-refractivity contribution in [1.82, 2.24) is 0 Å². The zero-order chi connectivity index (χ0) is 34.4. The van der Waals surface area contributed by atoms with Crippen LogP contribution in [0.3, 0.4) is 0 Å². The summed E-state index contributed by atoms with van der Waals surface area (Å²) in [6.45, 7) is 0. The third kappa shape index (κ3) is 5.04. The molecule has 0 saturated carbocycles. The maximum atomic E-state index is 6.81. The molecule has 0 fully saturated rings. The summed E-state index contributed by atoms with van der Waals surface area (Å²) >= 11 is 0. The van der Waals surface area contributed by atoms with Crippen LogP contribution in [0.15, 0.2) is 205 Å². The summed E-state index contributed by atoms with van der Waals surface area (Å²) in [6.07, 6.45) is 0. The average molecular weight is 664 g/mol. The highest BCUT2D eigenvalue weighted by molar-refractivity contribution is 6.23. The topological polar surface area (TPSA) is 16.4 Å². The normalized spacial score (nSPS) is 11.5. The van der Waals surface area contributed by atoms with Crippen molar-refractivity contribution in [2.75, 3.05) is 4.90 Å². The van der Waals surface area contributed by atoms with Gasteiger partial charge in [0.1, 0.15) is 11.2 Å². The molecule has 0 aliphatic carbocycles. The van der Waals surface area contributed by atoms with Crippen molar-refractivity contribution in [2.24, 2.45) is 0 Å². The number of fused-ring (bicyclic) bond motifs is 6. The Bertz CT molecular complexity index is 2880. The molecule has 0 atom stereocenters. The number of hydrogen-bond donors (Lipinski definition) is 0. The Morgan fingerprint density at radius 3 is 1.71 bits per heavy atom. The molecular weight excluding hydrogens is 631 g/mol. The molecule has 1 aromatic heterocycles. The molecule has 0 radical (unpaired) electrons. The van der Waals surface area contributed by atoms with Gasteiger partial charge in [-0.2, -0.15) is 0 Å². The quantitative estimate of drug-likeness (QED) is 0.176. The van der Waals surface area contributed by atoms with E-state index >= 15 is 0 Å². The molecule has 0 bridgehead atoms. The first kappa shape index (κ1) is 30.0. The summed E-state index contributed by atoms with van der Waals surface area (Å²) in [5, 5.41) is 6.81. The summed E-state index contributed by atoms with van der Waals surface area (Å²) in [6, 6.07) is 71.6. The Morgan fingerprint density at radius 1 is 0.346 bits per heavy atom. The number of furan rings is 1. The van der Waals surface area contributed by atoms with Crippen LogP contribution in [0.2, 0.25) is 0 Å². The lowest BCUT2D eigenvalue weighted by Crippen LogP contribution is -2.11. The van der Waals surface area contributed by atoms with E-state index in [9.17, 15) is 0 Å². The van der Waals surface area contributed by atoms with E-state index in [0.717, 1.165) is 60.9 Å². The Hall–Kier alpha value is -6.90. The van der Waals surface area contributed by atoms with E-state index in [-0.39, 0.29) is 0 Å². The van der Waals surface area contributed by atoms with Crippen molar-refractivity contribution >= 4 is 60.5 Å². The van der Waals surface area contributed by atoms with Crippen molar-refractivity contribution in [3.8, 4) is 33.4 Å². The van der Waals surface area contributed by atoms with Gasteiger partial charge in [-0.15, -0.1) is 0 Å². The minimum absolute atomic E-state index is 0.879. The maximum Gasteiger partial charge on any atom is 0.143 e. The predicted molar refractivity (Wildman–Crippen MR) is 220 cm³/mol. The van der Waals surface area contributed by atoms with Gasteiger partial charge in [0.15, 0.2) is 0 Å². The van der Waals surface area contributed by atoms with E-state index in [0.29, 0.717) is 0 Å². The molecule has 52 heavy (non-hydrogen) atoms. The zero-order valence-electron chi connectivity index (χ0n) is 28.4. The van der Waals surface area contributed by atoms with Crippen LogP contribution in [0.1, 0.15) is 0 Å². The van der Waals surface area contributed by atoms with Crippen LogP contribution >= 0.6 is 0 Å². The fourth-order valence-corrected chi connectivity index (χ4v) is 7.80. The number of hydrogen-bond acceptors (Lipinski definition) is 2. The molecule has 244 valence electrons. The van der Waals surface area contributed by atoms with Gasteiger partial charge in [-0.25, -0.2) is 0 Å². The fraction of sp³-hybridized carbons (Fsp3) is 0. The second-order valence-corrected chi connectivity index (χ2v) is 13.3. The second kappa shape index (κ2) is 12.5. The van der Waals surface area contributed by atoms with E-state index in [1.165, 1.54) is 33.0 Å². The van der Waals surface area contributed by atoms with Crippen LogP contribution in [0, 0.1) is 0 Å². The summed E-state index contributed by atoms with van der Waals surface area (Å²) < 4.78 is 6.81. The number of nitrogens with zero attached hydrogens (tertiary/aromatic N) is 1. The number of benzene rings is 9. The highest BCUT2D eigenvalue weighted by Crippen LogP contribution is 2.47. The lowest BCUT2D eigenvalue weighted by Gasteiger charge is -2.28. The smallest absolute Gasteiger partial charge is 0.143 e. The Labute approximate surface area is 302 Å². The summed E-state index contributed by atoms with van der Waals surface area (Å²) in [4.78, 5) is 2.43. The molecule has 0 spiro atoms. The first-order chi connectivity index (χ1) is 25.8. The van der Waals surface area contributed by atoms with Gasteiger partial charge in [-0.1, -0.05) is 164 Å². The third-order valence-electron chi connectivity index (χ3n) is 10.2. The minimum atomic E-state index is 0.879. The lowest BCUT2D eigenvalue weighted by atomic mass is 9.94. The van der Waals surface area contributed by atoms with Crippen molar-refractivity contribution in [3.05, 3.63) is 200 Å². The Balaban J connectivity index is 1.25. The fourth-order valence-electron chi connectivity index (χ4n) is 7.80. The van der Waals surface area contributed by atoms with Gasteiger partial charge in [0.2, 0.25) is 0 Å². The Kier molecular flexibility index (Phi) is 7.18. The summed E-state index contributed by atoms with van der Waals surface area (Å²) in [5.41, 5.74) is 12.2. The van der Waals surface area contributed by atoms with Crippen LogP contribution in [-0.4, -0.2) is 0 Å². The van der Waals surface area contributed by atoms with E-state index in [1.807, 2.05) is 0 Å². The van der Waals surface area contributed by atoms with Gasteiger partial charge in [0.05, 0.1) is 11.4 Å². The lowest BCUT2D eigenvalue weighted by molar-refractivity contribution is 0.673. The molecular formula is C50H33NO. The number of rotatable bonds is 6. The number of anilines is 3. The third-order valence-corrected chi connectivity index (χ3v) is 10.2.